The van der Waals surface area contributed by atoms with E-state index in [2.05, 4.69) is 21.5 Å². The number of phenols is 1. The molecule has 1 aliphatic heterocycles. The Labute approximate surface area is 241 Å². The number of aromatic hydroxyl groups is 1. The minimum atomic E-state index is -3.91. The van der Waals surface area contributed by atoms with Gasteiger partial charge >= 0.3 is 5.69 Å². The molecule has 0 bridgehead atoms. The van der Waals surface area contributed by atoms with Crippen molar-refractivity contribution in [2.45, 2.75) is 18.4 Å². The van der Waals surface area contributed by atoms with Crippen LogP contribution in [0.4, 0.5) is 14.6 Å². The number of fused-ring (bicyclic) bond motifs is 1. The molecule has 0 radical (unpaired) electrons. The fourth-order valence-corrected chi connectivity index (χ4v) is 8.42. The van der Waals surface area contributed by atoms with Gasteiger partial charge in [-0.15, -0.1) is 0 Å². The van der Waals surface area contributed by atoms with Crippen molar-refractivity contribution in [3.63, 3.8) is 0 Å². The van der Waals surface area contributed by atoms with Crippen LogP contribution in [0.3, 0.4) is 0 Å². The van der Waals surface area contributed by atoms with Gasteiger partial charge in [0.2, 0.25) is 5.91 Å². The average Bonchev–Trinajstić information content (AvgIpc) is 2.92. The number of phenolic OH excluding ortho intramolecular Hbond substituents is 1. The van der Waals surface area contributed by atoms with Gasteiger partial charge in [-0.2, -0.15) is 4.98 Å². The number of carbonyl (C=O) groups is 1. The molecule has 4 heterocycles. The second-order valence-corrected chi connectivity index (χ2v) is 14.6. The topological polar surface area (TPSA) is 139 Å². The van der Waals surface area contributed by atoms with E-state index < -0.39 is 53.1 Å². The molecule has 1 atom stereocenters. The van der Waals surface area contributed by atoms with Gasteiger partial charge in [0.15, 0.2) is 30.3 Å². The lowest BCUT2D eigenvalue weighted by molar-refractivity contribution is -0.125. The number of amides is 1. The van der Waals surface area contributed by atoms with Gasteiger partial charge in [-0.25, -0.2) is 31.5 Å². The third-order valence-corrected chi connectivity index (χ3v) is 10.8. The monoisotopic (exact) mass is 612 g/mol. The number of halogens is 2. The third-order valence-electron chi connectivity index (χ3n) is 7.11. The summed E-state index contributed by atoms with van der Waals surface area (Å²) in [6.07, 6.45) is 3.86. The van der Waals surface area contributed by atoms with E-state index in [9.17, 15) is 27.5 Å². The number of rotatable bonds is 5. The van der Waals surface area contributed by atoms with Crippen LogP contribution in [0.5, 0.6) is 5.75 Å². The van der Waals surface area contributed by atoms with Gasteiger partial charge in [0.25, 0.3) is 0 Å². The number of nitrogens with zero attached hydrogens (tertiary/aromatic N) is 6. The summed E-state index contributed by atoms with van der Waals surface area (Å²) >= 11 is 0. The summed E-state index contributed by atoms with van der Waals surface area (Å²) in [5, 5.41) is 10.5. The van der Waals surface area contributed by atoms with E-state index in [1.54, 1.807) is 4.90 Å². The lowest BCUT2D eigenvalue weighted by Crippen LogP contribution is -2.57. The summed E-state index contributed by atoms with van der Waals surface area (Å²) in [5.74, 6) is -2.67. The molecule has 1 aromatic carbocycles. The maximum atomic E-state index is 15.8. The van der Waals surface area contributed by atoms with Crippen LogP contribution >= 0.6 is 0 Å². The standard InChI is InChI=1S/C27H26F2N6O5SSi/c1-5-21(37)33-11-12-34(42(4)14-33)25-16-13-18(29)23(22-17(28)7-6-8-19(22)36)31-26(16)35(27(38)32-25)24-15(2)30-10-9-20(24)41(3,39)40/h5-10,13,36,42H,1,11-12,14H2,2-4H3/t42-/m0/s1. The van der Waals surface area contributed by atoms with Gasteiger partial charge in [0.05, 0.1) is 27.2 Å². The van der Waals surface area contributed by atoms with E-state index >= 15 is 4.39 Å². The quantitative estimate of drug-likeness (QED) is 0.266. The lowest BCUT2D eigenvalue weighted by Gasteiger charge is -2.40. The zero-order chi connectivity index (χ0) is 30.5. The number of hydrogen-bond donors (Lipinski definition) is 1. The van der Waals surface area contributed by atoms with E-state index in [0.717, 1.165) is 23.0 Å². The Bertz CT molecular complexity index is 1930. The number of pyridine rings is 2. The van der Waals surface area contributed by atoms with E-state index in [4.69, 9.17) is 0 Å². The fourth-order valence-electron chi connectivity index (χ4n) is 5.16. The van der Waals surface area contributed by atoms with Crippen LogP contribution in [0.2, 0.25) is 6.55 Å². The summed E-state index contributed by atoms with van der Waals surface area (Å²) in [5.41, 5.74) is -2.24. The molecule has 1 N–H and O–H groups in total. The van der Waals surface area contributed by atoms with Gasteiger partial charge in [0, 0.05) is 31.7 Å². The molecule has 0 unspecified atom stereocenters. The molecule has 1 amide bonds. The van der Waals surface area contributed by atoms with Crippen LogP contribution in [0.15, 0.2) is 58.9 Å². The highest BCUT2D eigenvalue weighted by Crippen LogP contribution is 2.36. The first-order valence-corrected chi connectivity index (χ1v) is 17.2. The minimum absolute atomic E-state index is 0.0530. The van der Waals surface area contributed by atoms with Crippen LogP contribution in [-0.4, -0.2) is 78.3 Å². The first kappa shape index (κ1) is 29.0. The Balaban J connectivity index is 1.86. The molecule has 1 saturated heterocycles. The Hall–Kier alpha value is -4.50. The normalized spacial score (nSPS) is 15.7. The van der Waals surface area contributed by atoms with E-state index in [1.165, 1.54) is 37.4 Å². The number of benzene rings is 1. The van der Waals surface area contributed by atoms with E-state index in [1.807, 2.05) is 11.1 Å². The maximum Gasteiger partial charge on any atom is 0.355 e. The summed E-state index contributed by atoms with van der Waals surface area (Å²) in [6.45, 7) is 7.54. The van der Waals surface area contributed by atoms with Gasteiger partial charge < -0.3 is 14.6 Å². The summed E-state index contributed by atoms with van der Waals surface area (Å²) in [7, 11) is -5.92. The Kier molecular flexibility index (Phi) is 7.40. The fraction of sp³-hybridized carbons (Fsp3) is 0.222. The number of aromatic nitrogens is 4. The van der Waals surface area contributed by atoms with E-state index in [0.29, 0.717) is 12.7 Å². The molecule has 1 aliphatic rings. The zero-order valence-corrected chi connectivity index (χ0v) is 24.8. The van der Waals surface area contributed by atoms with Crippen molar-refractivity contribution in [1.82, 2.24) is 24.4 Å². The lowest BCUT2D eigenvalue weighted by atomic mass is 10.1. The maximum absolute atomic E-state index is 15.8. The average molecular weight is 613 g/mol. The third kappa shape index (κ3) is 4.94. The second-order valence-electron chi connectivity index (χ2n) is 9.92. The highest BCUT2D eigenvalue weighted by molar-refractivity contribution is 7.90. The molecule has 42 heavy (non-hydrogen) atoms. The Morgan fingerprint density at radius 2 is 1.90 bits per heavy atom. The SMILES string of the molecule is C=CC(=O)N1CCN(c2nc(=O)n(-c3c(S(C)(=O)=O)ccnc3C)c3nc(-c4c(O)cccc4F)c(F)cc23)[Si@@H](C)C1. The van der Waals surface area contributed by atoms with Crippen molar-refractivity contribution in [3.05, 3.63) is 77.0 Å². The molecule has 0 spiro atoms. The molecule has 5 rings (SSSR count). The molecule has 15 heteroatoms. The van der Waals surface area contributed by atoms with Crippen molar-refractivity contribution in [2.24, 2.45) is 0 Å². The highest BCUT2D eigenvalue weighted by Gasteiger charge is 2.32. The van der Waals surface area contributed by atoms with Crippen molar-refractivity contribution >= 4 is 41.6 Å². The van der Waals surface area contributed by atoms with Gasteiger partial charge in [0.1, 0.15) is 23.1 Å². The highest BCUT2D eigenvalue weighted by atomic mass is 32.2. The largest absolute Gasteiger partial charge is 0.507 e. The second kappa shape index (κ2) is 10.7. The predicted molar refractivity (Wildman–Crippen MR) is 155 cm³/mol. The van der Waals surface area contributed by atoms with Crippen LogP contribution < -0.4 is 10.3 Å². The number of anilines is 1. The summed E-state index contributed by atoms with van der Waals surface area (Å²) in [6, 6.07) is 5.69. The predicted octanol–water partition coefficient (Wildman–Crippen LogP) is 2.27. The molecular formula is C27H26F2N6O5SSi. The molecule has 3 aromatic heterocycles. The summed E-state index contributed by atoms with van der Waals surface area (Å²) < 4.78 is 58.9. The van der Waals surface area contributed by atoms with Crippen LogP contribution in [0, 0.1) is 18.6 Å². The van der Waals surface area contributed by atoms with Crippen LogP contribution in [0.1, 0.15) is 5.69 Å². The van der Waals surface area contributed by atoms with E-state index in [-0.39, 0.29) is 45.6 Å². The number of hydrogen-bond acceptors (Lipinski definition) is 9. The number of sulfone groups is 1. The molecule has 0 aliphatic carbocycles. The molecule has 218 valence electrons. The van der Waals surface area contributed by atoms with Crippen molar-refractivity contribution in [3.8, 4) is 22.7 Å². The zero-order valence-electron chi connectivity index (χ0n) is 22.9. The molecular weight excluding hydrogens is 586 g/mol. The van der Waals surface area contributed by atoms with Crippen molar-refractivity contribution < 1.29 is 27.1 Å². The first-order valence-electron chi connectivity index (χ1n) is 12.8. The Morgan fingerprint density at radius 3 is 2.55 bits per heavy atom. The van der Waals surface area contributed by atoms with Crippen molar-refractivity contribution in [2.75, 3.05) is 30.1 Å². The van der Waals surface area contributed by atoms with Crippen LogP contribution in [-0.2, 0) is 14.6 Å². The molecule has 4 aromatic rings. The number of aryl methyl sites for hydroxylation is 1. The molecule has 1 fully saturated rings. The first-order chi connectivity index (χ1) is 19.8. The van der Waals surface area contributed by atoms with Crippen LogP contribution in [0.25, 0.3) is 28.0 Å². The molecule has 11 nitrogen and oxygen atoms in total. The molecule has 0 saturated carbocycles. The van der Waals surface area contributed by atoms with Gasteiger partial charge in [-0.3, -0.25) is 9.78 Å². The van der Waals surface area contributed by atoms with Gasteiger partial charge in [-0.1, -0.05) is 19.2 Å². The van der Waals surface area contributed by atoms with Crippen molar-refractivity contribution in [1.29, 1.82) is 0 Å². The Morgan fingerprint density at radius 1 is 1.17 bits per heavy atom. The summed E-state index contributed by atoms with van der Waals surface area (Å²) in [4.78, 5) is 40.2. The van der Waals surface area contributed by atoms with Gasteiger partial charge in [-0.05, 0) is 37.3 Å². The smallest absolute Gasteiger partial charge is 0.355 e. The number of carbonyl (C=O) groups excluding carboxylic acids is 1. The minimum Gasteiger partial charge on any atom is -0.507 e.